The van der Waals surface area contributed by atoms with Gasteiger partial charge in [0.05, 0.1) is 29.7 Å². The van der Waals surface area contributed by atoms with Crippen molar-refractivity contribution in [1.82, 2.24) is 15.5 Å². The molecule has 3 heterocycles. The smallest absolute Gasteiger partial charge is 0.329 e. The predicted molar refractivity (Wildman–Crippen MR) is 240 cm³/mol. The number of anilines is 1. The number of cyclic esters (lactones) is 1. The fraction of sp³-hybridized carbons (Fsp3) is 0.245. The number of amides is 4. The lowest BCUT2D eigenvalue weighted by Gasteiger charge is -2.46. The molecule has 1 spiro atoms. The number of hydrogen-bond donors (Lipinski definition) is 3. The maximum atomic E-state index is 16.3. The van der Waals surface area contributed by atoms with Crippen LogP contribution in [0.15, 0.2) is 158 Å². The Morgan fingerprint density at radius 2 is 1.54 bits per heavy atom. The number of fused-ring (bicyclic) bond motifs is 3. The van der Waals surface area contributed by atoms with Crippen LogP contribution in [0.3, 0.4) is 0 Å². The van der Waals surface area contributed by atoms with Gasteiger partial charge in [0, 0.05) is 12.1 Å². The number of aromatic hydroxyl groups is 1. The van der Waals surface area contributed by atoms with Gasteiger partial charge in [0.1, 0.15) is 23.3 Å². The van der Waals surface area contributed by atoms with Crippen molar-refractivity contribution >= 4 is 29.5 Å². The lowest BCUT2D eigenvalue weighted by molar-refractivity contribution is -0.178. The molecule has 0 unspecified atom stereocenters. The first-order valence-electron chi connectivity index (χ1n) is 21.5. The summed E-state index contributed by atoms with van der Waals surface area (Å²) in [4.78, 5) is 64.7. The molecule has 5 aromatic carbocycles. The summed E-state index contributed by atoms with van der Waals surface area (Å²) in [5.41, 5.74) is 3.21. The second-order valence-corrected chi connectivity index (χ2v) is 16.6. The van der Waals surface area contributed by atoms with E-state index in [1.807, 2.05) is 109 Å². The average Bonchev–Trinajstić information content (AvgIpc) is 3.77. The first-order chi connectivity index (χ1) is 30.7. The molecule has 0 saturated carbocycles. The molecular formula is C53H48N4O6. The summed E-state index contributed by atoms with van der Waals surface area (Å²) in [7, 11) is 0. The molecule has 7 atom stereocenters. The minimum absolute atomic E-state index is 0.00826. The number of carbonyl (C=O) groups is 4. The zero-order chi connectivity index (χ0) is 43.7. The number of nitrogens with one attached hydrogen (secondary N) is 2. The Balaban J connectivity index is 1.33. The number of allylic oxidation sites excluding steroid dienone is 2. The van der Waals surface area contributed by atoms with Gasteiger partial charge in [-0.15, -0.1) is 6.58 Å². The second kappa shape index (κ2) is 17.3. The molecular weight excluding hydrogens is 789 g/mol. The molecule has 0 bridgehead atoms. The number of ether oxygens (including phenoxy) is 1. The highest BCUT2D eigenvalue weighted by Crippen LogP contribution is 2.66. The molecule has 9 rings (SSSR count). The number of carbonyl (C=O) groups excluding carboxylic acids is 4. The SMILES string of the molecule is C=CCNC(=O)[C@@H]1[C@H]2C(=O)O[C@H](c3ccccc3)[C@H](c3ccccc3)N2[C@H](c2ccc(O)cc2)[C@@]12C(=O)N(C(=O)N[C@H](C)c1ccccc1)c1ccc(C#CC3=CCCCC3)cc12. The lowest BCUT2D eigenvalue weighted by Crippen LogP contribution is -2.56. The van der Waals surface area contributed by atoms with Gasteiger partial charge in [-0.3, -0.25) is 19.3 Å². The molecule has 10 nitrogen and oxygen atoms in total. The Morgan fingerprint density at radius 1 is 0.857 bits per heavy atom. The number of morpholine rings is 1. The fourth-order valence-electron chi connectivity index (χ4n) is 10.1. The Bertz CT molecular complexity index is 2660. The van der Waals surface area contributed by atoms with E-state index in [2.05, 4.69) is 35.1 Å². The largest absolute Gasteiger partial charge is 0.508 e. The quantitative estimate of drug-likeness (QED) is 0.0811. The summed E-state index contributed by atoms with van der Waals surface area (Å²) < 4.78 is 6.52. The van der Waals surface area contributed by atoms with Gasteiger partial charge in [-0.1, -0.05) is 127 Å². The maximum Gasteiger partial charge on any atom is 0.329 e. The number of nitrogens with zero attached hydrogens (tertiary/aromatic N) is 2. The van der Waals surface area contributed by atoms with Gasteiger partial charge in [-0.25, -0.2) is 9.69 Å². The molecule has 2 saturated heterocycles. The first kappa shape index (κ1) is 41.1. The summed E-state index contributed by atoms with van der Waals surface area (Å²) in [5.74, 6) is 3.28. The number of urea groups is 1. The van der Waals surface area contributed by atoms with E-state index >= 15 is 14.4 Å². The van der Waals surface area contributed by atoms with E-state index in [1.54, 1.807) is 24.3 Å². The summed E-state index contributed by atoms with van der Waals surface area (Å²) in [5, 5.41) is 16.7. The maximum absolute atomic E-state index is 16.3. The lowest BCUT2D eigenvalue weighted by atomic mass is 9.65. The third kappa shape index (κ3) is 7.28. The second-order valence-electron chi connectivity index (χ2n) is 16.6. The number of hydrogen-bond acceptors (Lipinski definition) is 7. The van der Waals surface area contributed by atoms with Gasteiger partial charge in [0.15, 0.2) is 0 Å². The Kier molecular flexibility index (Phi) is 11.3. The molecule has 2 fully saturated rings. The van der Waals surface area contributed by atoms with Gasteiger partial charge in [-0.2, -0.15) is 0 Å². The Morgan fingerprint density at radius 3 is 2.21 bits per heavy atom. The Hall–Kier alpha value is -7.22. The van der Waals surface area contributed by atoms with Crippen molar-refractivity contribution in [3.63, 3.8) is 0 Å². The fourth-order valence-corrected chi connectivity index (χ4v) is 10.1. The van der Waals surface area contributed by atoms with Crippen LogP contribution < -0.4 is 15.5 Å². The van der Waals surface area contributed by atoms with Gasteiger partial charge in [-0.05, 0) is 96.3 Å². The minimum Gasteiger partial charge on any atom is -0.508 e. The molecule has 5 aromatic rings. The number of rotatable bonds is 8. The highest BCUT2D eigenvalue weighted by molar-refractivity contribution is 6.24. The van der Waals surface area contributed by atoms with E-state index < -0.39 is 65.4 Å². The van der Waals surface area contributed by atoms with Crippen molar-refractivity contribution in [3.8, 4) is 17.6 Å². The van der Waals surface area contributed by atoms with E-state index in [0.29, 0.717) is 16.7 Å². The highest BCUT2D eigenvalue weighted by Gasteiger charge is 2.75. The van der Waals surface area contributed by atoms with E-state index in [-0.39, 0.29) is 18.0 Å². The van der Waals surface area contributed by atoms with Crippen molar-refractivity contribution in [2.45, 2.75) is 68.3 Å². The molecule has 10 heteroatoms. The summed E-state index contributed by atoms with van der Waals surface area (Å²) in [6.45, 7) is 5.72. The molecule has 63 heavy (non-hydrogen) atoms. The van der Waals surface area contributed by atoms with Crippen LogP contribution in [0.1, 0.15) is 90.2 Å². The van der Waals surface area contributed by atoms with Crippen molar-refractivity contribution < 1.29 is 29.0 Å². The zero-order valence-corrected chi connectivity index (χ0v) is 34.9. The van der Waals surface area contributed by atoms with Crippen LogP contribution in [0.25, 0.3) is 0 Å². The summed E-state index contributed by atoms with van der Waals surface area (Å²) in [6, 6.07) is 36.0. The van der Waals surface area contributed by atoms with Crippen LogP contribution in [0.4, 0.5) is 10.5 Å². The number of benzene rings is 5. The first-order valence-corrected chi connectivity index (χ1v) is 21.5. The molecule has 4 amide bonds. The number of phenols is 1. The van der Waals surface area contributed by atoms with Crippen molar-refractivity contribution in [1.29, 1.82) is 0 Å². The number of phenolic OH excluding ortho intramolecular Hbond substituents is 1. The molecule has 3 aliphatic heterocycles. The van der Waals surface area contributed by atoms with Crippen LogP contribution in [0.5, 0.6) is 5.75 Å². The van der Waals surface area contributed by atoms with Crippen molar-refractivity contribution in [3.05, 3.63) is 191 Å². The average molecular weight is 837 g/mol. The summed E-state index contributed by atoms with van der Waals surface area (Å²) >= 11 is 0. The minimum atomic E-state index is -1.94. The molecule has 1 aliphatic carbocycles. The third-order valence-corrected chi connectivity index (χ3v) is 12.9. The highest BCUT2D eigenvalue weighted by atomic mass is 16.6. The van der Waals surface area contributed by atoms with Gasteiger partial charge < -0.3 is 20.5 Å². The van der Waals surface area contributed by atoms with E-state index in [9.17, 15) is 9.90 Å². The number of imide groups is 1. The standard InChI is InChI=1S/C53H48N4O6/c1-3-32-54-49(59)44-46-50(60)63-47(39-22-14-7-15-23-39)45(38-20-12-6-13-21-38)57(46)48(40-27-29-41(58)30-28-40)53(44)42-33-36(25-24-35-16-8-4-9-17-35)26-31-43(42)56(51(53)61)52(62)55-34(2)37-18-10-5-11-19-37/h3,5-7,10-16,18-23,26-31,33-34,44-48,58H,1,4,8-9,17,32H2,2H3,(H,54,59)(H,55,62)/t34-,44+,45+,46+,47-,48-,53+/m1/s1. The third-order valence-electron chi connectivity index (χ3n) is 12.9. The summed E-state index contributed by atoms with van der Waals surface area (Å²) in [6.07, 6.45) is 6.80. The van der Waals surface area contributed by atoms with E-state index in [1.165, 1.54) is 18.2 Å². The van der Waals surface area contributed by atoms with Gasteiger partial charge >= 0.3 is 12.0 Å². The Labute approximate surface area is 367 Å². The van der Waals surface area contributed by atoms with Crippen LogP contribution in [-0.2, 0) is 24.5 Å². The topological polar surface area (TPSA) is 128 Å². The normalized spacial score (nSPS) is 24.2. The van der Waals surface area contributed by atoms with Crippen molar-refractivity contribution in [2.75, 3.05) is 11.4 Å². The zero-order valence-electron chi connectivity index (χ0n) is 34.9. The number of esters is 1. The molecule has 0 radical (unpaired) electrons. The van der Waals surface area contributed by atoms with E-state index in [4.69, 9.17) is 4.74 Å². The van der Waals surface area contributed by atoms with E-state index in [0.717, 1.165) is 52.8 Å². The van der Waals surface area contributed by atoms with Crippen molar-refractivity contribution in [2.24, 2.45) is 5.92 Å². The van der Waals surface area contributed by atoms with Crippen LogP contribution >= 0.6 is 0 Å². The van der Waals surface area contributed by atoms with Crippen LogP contribution in [0, 0.1) is 17.8 Å². The van der Waals surface area contributed by atoms with Crippen LogP contribution in [-0.4, -0.2) is 46.4 Å². The van der Waals surface area contributed by atoms with Crippen LogP contribution in [0.2, 0.25) is 0 Å². The molecule has 316 valence electrons. The van der Waals surface area contributed by atoms with Gasteiger partial charge in [0.2, 0.25) is 11.8 Å². The van der Waals surface area contributed by atoms with Gasteiger partial charge in [0.25, 0.3) is 0 Å². The monoisotopic (exact) mass is 836 g/mol. The predicted octanol–water partition coefficient (Wildman–Crippen LogP) is 8.68. The molecule has 3 N–H and O–H groups in total. The molecule has 0 aromatic heterocycles. The molecule has 4 aliphatic rings.